The SMILES string of the molecule is COc1cc(O)cc(C)c1C(=O)SC. The number of thioether (sulfide) groups is 1. The molecule has 0 atom stereocenters. The van der Waals surface area contributed by atoms with Crippen LogP contribution in [0.2, 0.25) is 0 Å². The fraction of sp³-hybridized carbons (Fsp3) is 0.300. The van der Waals surface area contributed by atoms with Gasteiger partial charge in [-0.05, 0) is 24.8 Å². The largest absolute Gasteiger partial charge is 0.508 e. The summed E-state index contributed by atoms with van der Waals surface area (Å²) in [7, 11) is 1.48. The summed E-state index contributed by atoms with van der Waals surface area (Å²) in [6.07, 6.45) is 1.72. The van der Waals surface area contributed by atoms with Crippen molar-refractivity contribution in [2.75, 3.05) is 13.4 Å². The third-order valence-corrected chi connectivity index (χ3v) is 2.47. The maximum Gasteiger partial charge on any atom is 0.223 e. The topological polar surface area (TPSA) is 46.5 Å². The molecular weight excluding hydrogens is 200 g/mol. The van der Waals surface area contributed by atoms with Crippen LogP contribution in [0.3, 0.4) is 0 Å². The first-order valence-electron chi connectivity index (χ1n) is 4.06. The van der Waals surface area contributed by atoms with Crippen molar-refractivity contribution in [2.45, 2.75) is 6.92 Å². The molecule has 0 spiro atoms. The Kier molecular flexibility index (Phi) is 3.41. The lowest BCUT2D eigenvalue weighted by molar-refractivity contribution is 0.108. The smallest absolute Gasteiger partial charge is 0.223 e. The zero-order chi connectivity index (χ0) is 10.7. The van der Waals surface area contributed by atoms with E-state index < -0.39 is 0 Å². The second kappa shape index (κ2) is 4.37. The normalized spacial score (nSPS) is 9.93. The molecule has 3 nitrogen and oxygen atoms in total. The van der Waals surface area contributed by atoms with E-state index in [4.69, 9.17) is 4.74 Å². The highest BCUT2D eigenvalue weighted by Crippen LogP contribution is 2.30. The van der Waals surface area contributed by atoms with E-state index in [0.717, 1.165) is 17.3 Å². The number of phenols is 1. The van der Waals surface area contributed by atoms with Gasteiger partial charge in [0.2, 0.25) is 5.12 Å². The first kappa shape index (κ1) is 10.9. The molecule has 0 bridgehead atoms. The third-order valence-electron chi connectivity index (χ3n) is 1.89. The van der Waals surface area contributed by atoms with Gasteiger partial charge in [0.05, 0.1) is 12.7 Å². The molecule has 0 unspecified atom stereocenters. The predicted molar refractivity (Wildman–Crippen MR) is 57.2 cm³/mol. The first-order chi connectivity index (χ1) is 6.60. The fourth-order valence-electron chi connectivity index (χ4n) is 1.26. The number of benzene rings is 1. The molecule has 0 aliphatic carbocycles. The van der Waals surface area contributed by atoms with Gasteiger partial charge in [-0.25, -0.2) is 0 Å². The Morgan fingerprint density at radius 3 is 2.64 bits per heavy atom. The molecule has 0 saturated heterocycles. The summed E-state index contributed by atoms with van der Waals surface area (Å²) in [4.78, 5) is 11.5. The third kappa shape index (κ3) is 2.01. The van der Waals surface area contributed by atoms with Crippen molar-refractivity contribution in [1.82, 2.24) is 0 Å². The molecule has 0 aliphatic heterocycles. The molecule has 1 aromatic rings. The summed E-state index contributed by atoms with van der Waals surface area (Å²) >= 11 is 1.13. The highest BCUT2D eigenvalue weighted by atomic mass is 32.2. The minimum absolute atomic E-state index is 0.0562. The van der Waals surface area contributed by atoms with Crippen molar-refractivity contribution in [3.05, 3.63) is 23.3 Å². The summed E-state index contributed by atoms with van der Waals surface area (Å²) < 4.78 is 5.04. The molecule has 4 heteroatoms. The van der Waals surface area contributed by atoms with E-state index in [1.165, 1.54) is 13.2 Å². The maximum absolute atomic E-state index is 11.5. The molecule has 0 heterocycles. The number of carbonyl (C=O) groups excluding carboxylic acids is 1. The summed E-state index contributed by atoms with van der Waals surface area (Å²) in [5.41, 5.74) is 1.25. The van der Waals surface area contributed by atoms with Gasteiger partial charge in [0.15, 0.2) is 0 Å². The van der Waals surface area contributed by atoms with Gasteiger partial charge < -0.3 is 9.84 Å². The Hall–Kier alpha value is -1.16. The first-order valence-corrected chi connectivity index (χ1v) is 5.28. The Labute approximate surface area is 87.1 Å². The molecule has 1 aromatic carbocycles. The molecule has 0 saturated carbocycles. The van der Waals surface area contributed by atoms with E-state index in [2.05, 4.69) is 0 Å². The maximum atomic E-state index is 11.5. The summed E-state index contributed by atoms with van der Waals surface area (Å²) in [5, 5.41) is 9.25. The number of carbonyl (C=O) groups is 1. The number of hydrogen-bond donors (Lipinski definition) is 1. The van der Waals surface area contributed by atoms with Crippen LogP contribution in [0.1, 0.15) is 15.9 Å². The minimum atomic E-state index is -0.0562. The van der Waals surface area contributed by atoms with Crippen LogP contribution in [-0.2, 0) is 0 Å². The number of methoxy groups -OCH3 is 1. The lowest BCUT2D eigenvalue weighted by Gasteiger charge is -2.09. The van der Waals surface area contributed by atoms with Crippen LogP contribution < -0.4 is 4.74 Å². The Balaban J connectivity index is 3.32. The quantitative estimate of drug-likeness (QED) is 0.816. The van der Waals surface area contributed by atoms with Crippen LogP contribution in [0.15, 0.2) is 12.1 Å². The molecule has 1 rings (SSSR count). The highest BCUT2D eigenvalue weighted by Gasteiger charge is 2.15. The van der Waals surface area contributed by atoms with Crippen molar-refractivity contribution in [1.29, 1.82) is 0 Å². The van der Waals surface area contributed by atoms with Gasteiger partial charge in [-0.15, -0.1) is 0 Å². The van der Waals surface area contributed by atoms with Crippen LogP contribution >= 0.6 is 11.8 Å². The number of aromatic hydroxyl groups is 1. The molecule has 0 fully saturated rings. The molecule has 0 aliphatic rings. The van der Waals surface area contributed by atoms with Crippen molar-refractivity contribution in [3.63, 3.8) is 0 Å². The van der Waals surface area contributed by atoms with Crippen molar-refractivity contribution < 1.29 is 14.6 Å². The molecule has 0 radical (unpaired) electrons. The number of phenolic OH excluding ortho intramolecular Hbond substituents is 1. The standard InChI is InChI=1S/C10H12O3S/c1-6-4-7(11)5-8(13-2)9(6)10(12)14-3/h4-5,11H,1-3H3. The van der Waals surface area contributed by atoms with Gasteiger partial charge in [-0.3, -0.25) is 4.79 Å². The molecule has 14 heavy (non-hydrogen) atoms. The van der Waals surface area contributed by atoms with Gasteiger partial charge in [0, 0.05) is 6.07 Å². The lowest BCUT2D eigenvalue weighted by atomic mass is 10.1. The number of ether oxygens (including phenoxy) is 1. The monoisotopic (exact) mass is 212 g/mol. The molecule has 76 valence electrons. The average Bonchev–Trinajstić information content (AvgIpc) is 2.15. The predicted octanol–water partition coefficient (Wildman–Crippen LogP) is 2.21. The van der Waals surface area contributed by atoms with E-state index in [0.29, 0.717) is 11.3 Å². The van der Waals surface area contributed by atoms with Crippen LogP contribution in [0.4, 0.5) is 0 Å². The number of hydrogen-bond acceptors (Lipinski definition) is 4. The van der Waals surface area contributed by atoms with Crippen molar-refractivity contribution in [3.8, 4) is 11.5 Å². The number of aryl methyl sites for hydroxylation is 1. The summed E-state index contributed by atoms with van der Waals surface area (Å²) in [5.74, 6) is 0.527. The Bertz CT molecular complexity index is 361. The molecular formula is C10H12O3S. The summed E-state index contributed by atoms with van der Waals surface area (Å²) in [6.45, 7) is 1.77. The zero-order valence-electron chi connectivity index (χ0n) is 8.33. The average molecular weight is 212 g/mol. The van der Waals surface area contributed by atoms with E-state index in [9.17, 15) is 9.90 Å². The van der Waals surface area contributed by atoms with Gasteiger partial charge in [-0.2, -0.15) is 0 Å². The van der Waals surface area contributed by atoms with E-state index >= 15 is 0 Å². The van der Waals surface area contributed by atoms with Gasteiger partial charge in [0.1, 0.15) is 11.5 Å². The second-order valence-corrected chi connectivity index (χ2v) is 3.61. The molecule has 0 amide bonds. The zero-order valence-corrected chi connectivity index (χ0v) is 9.14. The Morgan fingerprint density at radius 2 is 2.14 bits per heavy atom. The van der Waals surface area contributed by atoms with Gasteiger partial charge >= 0.3 is 0 Å². The molecule has 0 aromatic heterocycles. The number of rotatable bonds is 2. The van der Waals surface area contributed by atoms with Crippen LogP contribution in [0.25, 0.3) is 0 Å². The highest BCUT2D eigenvalue weighted by molar-refractivity contribution is 8.13. The van der Waals surface area contributed by atoms with E-state index in [-0.39, 0.29) is 10.9 Å². The van der Waals surface area contributed by atoms with E-state index in [1.54, 1.807) is 19.2 Å². The van der Waals surface area contributed by atoms with Gasteiger partial charge in [-0.1, -0.05) is 11.8 Å². The summed E-state index contributed by atoms with van der Waals surface area (Å²) in [6, 6.07) is 2.99. The van der Waals surface area contributed by atoms with Crippen molar-refractivity contribution >= 4 is 16.9 Å². The molecule has 1 N–H and O–H groups in total. The van der Waals surface area contributed by atoms with Crippen LogP contribution in [0, 0.1) is 6.92 Å². The lowest BCUT2D eigenvalue weighted by Crippen LogP contribution is -2.00. The van der Waals surface area contributed by atoms with Crippen molar-refractivity contribution in [2.24, 2.45) is 0 Å². The minimum Gasteiger partial charge on any atom is -0.508 e. The fourth-order valence-corrected chi connectivity index (χ4v) is 1.73. The Morgan fingerprint density at radius 1 is 1.50 bits per heavy atom. The van der Waals surface area contributed by atoms with Gasteiger partial charge in [0.25, 0.3) is 0 Å². The van der Waals surface area contributed by atoms with Crippen LogP contribution in [-0.4, -0.2) is 23.6 Å². The van der Waals surface area contributed by atoms with E-state index in [1.807, 2.05) is 0 Å². The second-order valence-electron chi connectivity index (χ2n) is 2.83. The van der Waals surface area contributed by atoms with Crippen LogP contribution in [0.5, 0.6) is 11.5 Å².